The number of hydrogen-bond acceptors (Lipinski definition) is 4. The normalized spacial score (nSPS) is 18.9. The van der Waals surface area contributed by atoms with Crippen LogP contribution >= 0.6 is 0 Å². The fourth-order valence-electron chi connectivity index (χ4n) is 6.94. The van der Waals surface area contributed by atoms with E-state index in [2.05, 4.69) is 161 Å². The molecule has 0 unspecified atom stereocenters. The molecule has 3 aliphatic rings. The highest BCUT2D eigenvalue weighted by Gasteiger charge is 2.27. The zero-order valence-electron chi connectivity index (χ0n) is 27.7. The van der Waals surface area contributed by atoms with Gasteiger partial charge >= 0.3 is 0 Å². The molecule has 0 amide bonds. The quantitative estimate of drug-likeness (QED) is 0.305. The van der Waals surface area contributed by atoms with Crippen LogP contribution in [0.4, 0.5) is 11.4 Å². The number of allylic oxidation sites excluding steroid dienone is 1. The minimum atomic E-state index is 0.429. The first-order valence-electron chi connectivity index (χ1n) is 16.4. The summed E-state index contributed by atoms with van der Waals surface area (Å²) in [4.78, 5) is 4.79. The number of benzene rings is 3. The van der Waals surface area contributed by atoms with E-state index in [1.165, 1.54) is 61.0 Å². The zero-order valence-corrected chi connectivity index (χ0v) is 27.7. The van der Waals surface area contributed by atoms with E-state index in [1.807, 2.05) is 0 Å². The van der Waals surface area contributed by atoms with Gasteiger partial charge in [-0.15, -0.1) is 0 Å². The smallest absolute Gasteiger partial charge is 0.122 e. The van der Waals surface area contributed by atoms with Crippen molar-refractivity contribution in [3.8, 4) is 0 Å². The summed E-state index contributed by atoms with van der Waals surface area (Å²) < 4.78 is 0. The molecule has 0 aromatic heterocycles. The molecule has 0 fully saturated rings. The van der Waals surface area contributed by atoms with Crippen molar-refractivity contribution in [2.45, 2.75) is 91.9 Å². The number of nitrogens with zero attached hydrogens (tertiary/aromatic N) is 2. The minimum Gasteiger partial charge on any atom is -0.346 e. The maximum atomic E-state index is 3.64. The van der Waals surface area contributed by atoms with E-state index in [9.17, 15) is 0 Å². The number of fused-ring (bicyclic) bond motifs is 1. The van der Waals surface area contributed by atoms with Gasteiger partial charge in [0.15, 0.2) is 0 Å². The van der Waals surface area contributed by atoms with E-state index in [1.54, 1.807) is 0 Å². The largest absolute Gasteiger partial charge is 0.346 e. The van der Waals surface area contributed by atoms with E-state index in [4.69, 9.17) is 0 Å². The van der Waals surface area contributed by atoms with E-state index in [-0.39, 0.29) is 0 Å². The van der Waals surface area contributed by atoms with E-state index in [0.717, 1.165) is 18.7 Å². The van der Waals surface area contributed by atoms with Crippen LogP contribution in [0.25, 0.3) is 11.9 Å². The third kappa shape index (κ3) is 5.36. The average molecular weight is 585 g/mol. The van der Waals surface area contributed by atoms with Gasteiger partial charge in [-0.25, -0.2) is 0 Å². The molecule has 4 nitrogen and oxygen atoms in total. The molecular formula is C40H48N4. The summed E-state index contributed by atoms with van der Waals surface area (Å²) in [5.41, 5.74) is 11.0. The van der Waals surface area contributed by atoms with Crippen molar-refractivity contribution >= 4 is 23.3 Å². The van der Waals surface area contributed by atoms with Crippen LogP contribution < -0.4 is 30.9 Å². The predicted molar refractivity (Wildman–Crippen MR) is 188 cm³/mol. The van der Waals surface area contributed by atoms with Crippen LogP contribution in [-0.2, 0) is 6.42 Å². The topological polar surface area (TPSA) is 30.5 Å². The van der Waals surface area contributed by atoms with E-state index in [0.29, 0.717) is 23.7 Å². The van der Waals surface area contributed by atoms with Crippen LogP contribution in [0.2, 0.25) is 0 Å². The molecule has 0 saturated carbocycles. The second-order valence-electron chi connectivity index (χ2n) is 13.6. The summed E-state index contributed by atoms with van der Waals surface area (Å²) in [5, 5.41) is 9.79. The highest BCUT2D eigenvalue weighted by Crippen LogP contribution is 2.40. The van der Waals surface area contributed by atoms with Crippen LogP contribution in [-0.4, -0.2) is 0 Å². The molecule has 4 heteroatoms. The van der Waals surface area contributed by atoms with Crippen molar-refractivity contribution in [1.82, 2.24) is 10.6 Å². The van der Waals surface area contributed by atoms with Gasteiger partial charge in [-0.05, 0) is 81.2 Å². The van der Waals surface area contributed by atoms with Gasteiger partial charge in [0, 0.05) is 30.0 Å². The van der Waals surface area contributed by atoms with Crippen molar-refractivity contribution < 1.29 is 0 Å². The zero-order chi connectivity index (χ0) is 31.1. The molecule has 1 aliphatic carbocycles. The molecule has 0 saturated heterocycles. The van der Waals surface area contributed by atoms with Crippen LogP contribution in [0, 0.1) is 0 Å². The first-order chi connectivity index (χ1) is 21.2. The van der Waals surface area contributed by atoms with Crippen molar-refractivity contribution in [2.24, 2.45) is 0 Å². The Balaban J connectivity index is 1.43. The van der Waals surface area contributed by atoms with Gasteiger partial charge in [0.2, 0.25) is 0 Å². The first kappa shape index (κ1) is 29.9. The molecule has 3 aromatic carbocycles. The van der Waals surface area contributed by atoms with Gasteiger partial charge in [0.05, 0.1) is 11.4 Å². The lowest BCUT2D eigenvalue weighted by Gasteiger charge is -2.30. The lowest BCUT2D eigenvalue weighted by Crippen LogP contribution is -2.30. The maximum Gasteiger partial charge on any atom is 0.122 e. The minimum absolute atomic E-state index is 0.429. The number of nitrogens with one attached hydrogen (secondary N) is 2. The molecule has 0 bridgehead atoms. The highest BCUT2D eigenvalue weighted by atomic mass is 15.3. The van der Waals surface area contributed by atoms with E-state index >= 15 is 0 Å². The Morgan fingerprint density at radius 2 is 1.07 bits per heavy atom. The van der Waals surface area contributed by atoms with Crippen LogP contribution in [0.3, 0.4) is 0 Å². The van der Waals surface area contributed by atoms with Gasteiger partial charge in [0.25, 0.3) is 0 Å². The van der Waals surface area contributed by atoms with Crippen LogP contribution in [0.15, 0.2) is 90.8 Å². The SMILES string of the molecule is CC(C)c1cccc(C(C)C)c1N1C=CNC1=C1CC=c2ccc(=C3NC=CN3c3c(C(C)C)cccc3C(C)C)cc2C1. The van der Waals surface area contributed by atoms with E-state index < -0.39 is 0 Å². The Kier molecular flexibility index (Phi) is 8.20. The Morgan fingerprint density at radius 3 is 1.57 bits per heavy atom. The number of anilines is 2. The Hall–Kier alpha value is -4.18. The number of hydrogen-bond donors (Lipinski definition) is 2. The Morgan fingerprint density at radius 1 is 0.591 bits per heavy atom. The summed E-state index contributed by atoms with van der Waals surface area (Å²) >= 11 is 0. The predicted octanol–water partition coefficient (Wildman–Crippen LogP) is 8.35. The molecule has 2 aliphatic heterocycles. The number of para-hydroxylation sites is 2. The number of rotatable bonds is 6. The van der Waals surface area contributed by atoms with Gasteiger partial charge in [-0.2, -0.15) is 0 Å². The van der Waals surface area contributed by atoms with Gasteiger partial charge in [-0.1, -0.05) is 110 Å². The molecule has 44 heavy (non-hydrogen) atoms. The summed E-state index contributed by atoms with van der Waals surface area (Å²) in [6.45, 7) is 18.3. The van der Waals surface area contributed by atoms with Crippen molar-refractivity contribution in [1.29, 1.82) is 0 Å². The third-order valence-corrected chi connectivity index (χ3v) is 9.26. The fourth-order valence-corrected chi connectivity index (χ4v) is 6.94. The average Bonchev–Trinajstić information content (AvgIpc) is 3.70. The lowest BCUT2D eigenvalue weighted by atomic mass is 9.90. The maximum absolute atomic E-state index is 3.64. The van der Waals surface area contributed by atoms with Gasteiger partial charge < -0.3 is 20.4 Å². The molecule has 0 spiro atoms. The molecule has 0 radical (unpaired) electrons. The summed E-state index contributed by atoms with van der Waals surface area (Å²) in [6, 6.07) is 20.6. The molecule has 3 aromatic rings. The van der Waals surface area contributed by atoms with Crippen molar-refractivity contribution in [3.05, 3.63) is 129 Å². The Bertz CT molecular complexity index is 1730. The van der Waals surface area contributed by atoms with Gasteiger partial charge in [0.1, 0.15) is 11.6 Å². The van der Waals surface area contributed by atoms with Crippen LogP contribution in [0.5, 0.6) is 0 Å². The van der Waals surface area contributed by atoms with Crippen LogP contribution in [0.1, 0.15) is 113 Å². The third-order valence-electron chi connectivity index (χ3n) is 9.26. The standard InChI is InChI=1S/C40H48N4/c1-25(2)33-11-9-12-34(26(3)4)37(33)43-21-19-41-39(43)30-17-15-29-16-18-31(24-32(29)23-30)40-42-20-22-44(40)38-35(27(5)6)13-10-14-36(38)28(7)8/h9-17,19-23,25-28,41-42H,18,24H2,1-8H3. The molecule has 6 rings (SSSR count). The molecule has 228 valence electrons. The summed E-state index contributed by atoms with van der Waals surface area (Å²) in [6.07, 6.45) is 12.8. The second-order valence-corrected chi connectivity index (χ2v) is 13.6. The first-order valence-corrected chi connectivity index (χ1v) is 16.4. The lowest BCUT2D eigenvalue weighted by molar-refractivity contribution is 0.820. The Labute approximate surface area is 264 Å². The van der Waals surface area contributed by atoms with Crippen molar-refractivity contribution in [2.75, 3.05) is 9.80 Å². The summed E-state index contributed by atoms with van der Waals surface area (Å²) in [5.74, 6) is 4.06. The fraction of sp³-hybridized carbons (Fsp3) is 0.350. The monoisotopic (exact) mass is 584 g/mol. The summed E-state index contributed by atoms with van der Waals surface area (Å²) in [7, 11) is 0. The molecule has 2 heterocycles. The van der Waals surface area contributed by atoms with Gasteiger partial charge in [-0.3, -0.25) is 0 Å². The molecule has 0 atom stereocenters. The molecule has 2 N–H and O–H groups in total. The van der Waals surface area contributed by atoms with Crippen molar-refractivity contribution in [3.63, 3.8) is 0 Å². The molecular weight excluding hydrogens is 536 g/mol. The second kappa shape index (κ2) is 12.1. The highest BCUT2D eigenvalue weighted by molar-refractivity contribution is 5.78.